The minimum absolute atomic E-state index is 0.00710. The molecule has 15 heavy (non-hydrogen) atoms. The zero-order valence-electron chi connectivity index (χ0n) is 8.86. The summed E-state index contributed by atoms with van der Waals surface area (Å²) in [6.07, 6.45) is 0. The van der Waals surface area contributed by atoms with Crippen molar-refractivity contribution in [2.45, 2.75) is 13.0 Å². The van der Waals surface area contributed by atoms with Gasteiger partial charge in [-0.05, 0) is 31.2 Å². The third kappa shape index (κ3) is 1.40. The maximum absolute atomic E-state index is 11.5. The third-order valence-corrected chi connectivity index (χ3v) is 2.74. The Hall–Kier alpha value is -1.77. The molecule has 2 rings (SSSR count). The zero-order valence-corrected chi connectivity index (χ0v) is 8.86. The van der Waals surface area contributed by atoms with E-state index in [4.69, 9.17) is 4.74 Å². The van der Waals surface area contributed by atoms with E-state index >= 15 is 0 Å². The molecule has 1 aromatic carbocycles. The number of anilines is 1. The quantitative estimate of drug-likeness (QED) is 0.543. The lowest BCUT2D eigenvalue weighted by atomic mass is 9.97. The number of benzene rings is 1. The van der Waals surface area contributed by atoms with Gasteiger partial charge < -0.3 is 9.64 Å². The van der Waals surface area contributed by atoms with Crippen molar-refractivity contribution in [2.24, 2.45) is 0 Å². The smallest absolute Gasteiger partial charge is 0.256 e. The van der Waals surface area contributed by atoms with Gasteiger partial charge in [-0.1, -0.05) is 6.58 Å². The van der Waals surface area contributed by atoms with Crippen LogP contribution in [0.25, 0.3) is 0 Å². The molecule has 0 N–H and O–H groups in total. The zero-order chi connectivity index (χ0) is 11.0. The van der Waals surface area contributed by atoms with Gasteiger partial charge in [0.05, 0.1) is 13.2 Å². The first-order chi connectivity index (χ1) is 7.15. The van der Waals surface area contributed by atoms with Crippen molar-refractivity contribution < 1.29 is 9.53 Å². The van der Waals surface area contributed by atoms with Crippen LogP contribution in [0.4, 0.5) is 5.69 Å². The molecule has 1 amide bonds. The topological polar surface area (TPSA) is 29.5 Å². The van der Waals surface area contributed by atoms with E-state index in [1.54, 1.807) is 12.0 Å². The van der Waals surface area contributed by atoms with Gasteiger partial charge in [0.2, 0.25) is 0 Å². The second-order valence-corrected chi connectivity index (χ2v) is 3.57. The SMILES string of the molecule is C=C1C(=O)N(c2ccc(OC)cc2)[C@@H]1C. The van der Waals surface area contributed by atoms with Crippen LogP contribution in [0.2, 0.25) is 0 Å². The molecule has 1 aromatic rings. The highest BCUT2D eigenvalue weighted by Gasteiger charge is 2.37. The predicted octanol–water partition coefficient (Wildman–Crippen LogP) is 1.99. The van der Waals surface area contributed by atoms with Crippen molar-refractivity contribution in [3.63, 3.8) is 0 Å². The number of rotatable bonds is 2. The van der Waals surface area contributed by atoms with Crippen molar-refractivity contribution in [2.75, 3.05) is 12.0 Å². The Kier molecular flexibility index (Phi) is 2.23. The highest BCUT2D eigenvalue weighted by atomic mass is 16.5. The number of carbonyl (C=O) groups excluding carboxylic acids is 1. The van der Waals surface area contributed by atoms with Crippen LogP contribution < -0.4 is 9.64 Å². The summed E-state index contributed by atoms with van der Waals surface area (Å²) in [5.41, 5.74) is 1.56. The van der Waals surface area contributed by atoms with Crippen LogP contribution in [0, 0.1) is 0 Å². The lowest BCUT2D eigenvalue weighted by Gasteiger charge is -2.40. The maximum Gasteiger partial charge on any atom is 0.256 e. The first-order valence-electron chi connectivity index (χ1n) is 4.81. The summed E-state index contributed by atoms with van der Waals surface area (Å²) in [6.45, 7) is 5.68. The van der Waals surface area contributed by atoms with E-state index in [1.807, 2.05) is 31.2 Å². The maximum atomic E-state index is 11.5. The van der Waals surface area contributed by atoms with Crippen molar-refractivity contribution >= 4 is 11.6 Å². The van der Waals surface area contributed by atoms with Crippen LogP contribution in [0.1, 0.15) is 6.92 Å². The number of nitrogens with zero attached hydrogens (tertiary/aromatic N) is 1. The average Bonchev–Trinajstić information content (AvgIpc) is 2.30. The molecule has 1 heterocycles. The molecule has 0 aromatic heterocycles. The van der Waals surface area contributed by atoms with Crippen LogP contribution >= 0.6 is 0 Å². The van der Waals surface area contributed by atoms with Crippen LogP contribution in [0.5, 0.6) is 5.75 Å². The molecular weight excluding hydrogens is 190 g/mol. The molecule has 1 aliphatic rings. The Bertz CT molecular complexity index is 408. The summed E-state index contributed by atoms with van der Waals surface area (Å²) in [4.78, 5) is 13.2. The Labute approximate surface area is 89.0 Å². The fraction of sp³-hybridized carbons (Fsp3) is 0.250. The predicted molar refractivity (Wildman–Crippen MR) is 59.1 cm³/mol. The van der Waals surface area contributed by atoms with E-state index in [2.05, 4.69) is 6.58 Å². The summed E-state index contributed by atoms with van der Waals surface area (Å²) < 4.78 is 5.05. The first-order valence-corrected chi connectivity index (χ1v) is 4.81. The molecule has 1 atom stereocenters. The van der Waals surface area contributed by atoms with Gasteiger partial charge in [0.1, 0.15) is 5.75 Å². The van der Waals surface area contributed by atoms with Crippen molar-refractivity contribution in [3.05, 3.63) is 36.4 Å². The first kappa shape index (κ1) is 9.77. The van der Waals surface area contributed by atoms with E-state index in [-0.39, 0.29) is 11.9 Å². The summed E-state index contributed by atoms with van der Waals surface area (Å²) in [5, 5.41) is 0. The highest BCUT2D eigenvalue weighted by Crippen LogP contribution is 2.31. The fourth-order valence-electron chi connectivity index (χ4n) is 1.68. The summed E-state index contributed by atoms with van der Waals surface area (Å²) in [6, 6.07) is 7.54. The molecule has 1 saturated heterocycles. The Balaban J connectivity index is 2.24. The summed E-state index contributed by atoms with van der Waals surface area (Å²) in [7, 11) is 1.62. The Morgan fingerprint density at radius 1 is 1.33 bits per heavy atom. The van der Waals surface area contributed by atoms with E-state index in [0.717, 1.165) is 11.4 Å². The number of ether oxygens (including phenoxy) is 1. The summed E-state index contributed by atoms with van der Waals surface area (Å²) >= 11 is 0. The molecule has 0 aliphatic carbocycles. The van der Waals surface area contributed by atoms with Crippen LogP contribution in [-0.2, 0) is 4.79 Å². The van der Waals surface area contributed by atoms with E-state index in [9.17, 15) is 4.79 Å². The average molecular weight is 203 g/mol. The lowest BCUT2D eigenvalue weighted by molar-refractivity contribution is -0.118. The number of amides is 1. The van der Waals surface area contributed by atoms with Crippen molar-refractivity contribution in [1.29, 1.82) is 0 Å². The minimum Gasteiger partial charge on any atom is -0.497 e. The van der Waals surface area contributed by atoms with Crippen molar-refractivity contribution in [1.82, 2.24) is 0 Å². The lowest BCUT2D eigenvalue weighted by Crippen LogP contribution is -2.53. The van der Waals surface area contributed by atoms with Gasteiger partial charge in [-0.15, -0.1) is 0 Å². The van der Waals surface area contributed by atoms with Gasteiger partial charge in [-0.3, -0.25) is 4.79 Å². The molecule has 0 bridgehead atoms. The molecule has 3 nitrogen and oxygen atoms in total. The highest BCUT2D eigenvalue weighted by molar-refractivity contribution is 6.14. The minimum atomic E-state index is 0.00710. The molecule has 0 saturated carbocycles. The van der Waals surface area contributed by atoms with Crippen LogP contribution in [-0.4, -0.2) is 19.1 Å². The molecule has 0 unspecified atom stereocenters. The van der Waals surface area contributed by atoms with Gasteiger partial charge in [-0.25, -0.2) is 0 Å². The second-order valence-electron chi connectivity index (χ2n) is 3.57. The van der Waals surface area contributed by atoms with Gasteiger partial charge in [0.25, 0.3) is 5.91 Å². The van der Waals surface area contributed by atoms with Crippen molar-refractivity contribution in [3.8, 4) is 5.75 Å². The molecular formula is C12H13NO2. The van der Waals surface area contributed by atoms with Gasteiger partial charge in [0, 0.05) is 11.3 Å². The van der Waals surface area contributed by atoms with E-state index < -0.39 is 0 Å². The van der Waals surface area contributed by atoms with Gasteiger partial charge in [0.15, 0.2) is 0 Å². The Morgan fingerprint density at radius 2 is 1.93 bits per heavy atom. The number of hydrogen-bond donors (Lipinski definition) is 0. The molecule has 1 aliphatic heterocycles. The molecule has 78 valence electrons. The summed E-state index contributed by atoms with van der Waals surface area (Å²) in [5.74, 6) is 0.797. The van der Waals surface area contributed by atoms with Crippen LogP contribution in [0.15, 0.2) is 36.4 Å². The number of carbonyl (C=O) groups is 1. The number of β-lactam (4-membered cyclic amide) rings is 1. The van der Waals surface area contributed by atoms with Gasteiger partial charge in [-0.2, -0.15) is 0 Å². The molecule has 0 spiro atoms. The fourth-order valence-corrected chi connectivity index (χ4v) is 1.68. The number of hydrogen-bond acceptors (Lipinski definition) is 2. The molecule has 0 radical (unpaired) electrons. The Morgan fingerprint density at radius 3 is 2.40 bits per heavy atom. The third-order valence-electron chi connectivity index (χ3n) is 2.74. The second kappa shape index (κ2) is 3.42. The standard InChI is InChI=1S/C12H13NO2/c1-8-9(2)13(12(8)14)10-4-6-11(15-3)7-5-10/h4-7,9H,1H2,2-3H3/t9-/m1/s1. The molecule has 1 fully saturated rings. The van der Waals surface area contributed by atoms with Crippen LogP contribution in [0.3, 0.4) is 0 Å². The monoisotopic (exact) mass is 203 g/mol. The normalized spacial score (nSPS) is 20.1. The largest absolute Gasteiger partial charge is 0.497 e. The van der Waals surface area contributed by atoms with E-state index in [0.29, 0.717) is 5.57 Å². The molecule has 3 heteroatoms. The van der Waals surface area contributed by atoms with E-state index in [1.165, 1.54) is 0 Å². The number of methoxy groups -OCH3 is 1. The van der Waals surface area contributed by atoms with Gasteiger partial charge >= 0.3 is 0 Å².